The molecule has 0 aliphatic rings. The van der Waals surface area contributed by atoms with E-state index in [2.05, 4.69) is 10.1 Å². The molecule has 0 fully saturated rings. The van der Waals surface area contributed by atoms with Crippen molar-refractivity contribution in [3.8, 4) is 34.3 Å². The Kier molecular flexibility index (Phi) is 6.95. The van der Waals surface area contributed by atoms with Crippen molar-refractivity contribution in [2.45, 2.75) is 33.8 Å². The van der Waals surface area contributed by atoms with Crippen LogP contribution in [0.2, 0.25) is 5.02 Å². The Balaban J connectivity index is 1.76. The molecule has 1 heterocycles. The molecule has 158 valence electrons. The van der Waals surface area contributed by atoms with Gasteiger partial charge in [-0.25, -0.2) is 4.79 Å². The van der Waals surface area contributed by atoms with Crippen LogP contribution in [0.15, 0.2) is 40.9 Å². The molecule has 2 aromatic carbocycles. The molecule has 0 aliphatic carbocycles. The molecular weight excluding hydrogens is 408 g/mol. The van der Waals surface area contributed by atoms with Crippen LogP contribution < -0.4 is 9.47 Å². The van der Waals surface area contributed by atoms with E-state index in [9.17, 15) is 4.79 Å². The molecular formula is C22H23ClN2O5. The fourth-order valence-electron chi connectivity index (χ4n) is 2.76. The van der Waals surface area contributed by atoms with E-state index in [-0.39, 0.29) is 12.7 Å². The lowest BCUT2D eigenvalue weighted by Gasteiger charge is -2.11. The lowest BCUT2D eigenvalue weighted by atomic mass is 10.1. The molecule has 0 unspecified atom stereocenters. The van der Waals surface area contributed by atoms with Gasteiger partial charge in [-0.1, -0.05) is 16.8 Å². The van der Waals surface area contributed by atoms with Crippen molar-refractivity contribution in [3.05, 3.63) is 47.0 Å². The van der Waals surface area contributed by atoms with E-state index < -0.39 is 5.97 Å². The van der Waals surface area contributed by atoms with Crippen molar-refractivity contribution in [1.82, 2.24) is 10.1 Å². The van der Waals surface area contributed by atoms with Crippen LogP contribution in [0.25, 0.3) is 22.8 Å². The smallest absolute Gasteiger partial charge is 0.344 e. The highest BCUT2D eigenvalue weighted by Gasteiger charge is 2.15. The summed E-state index contributed by atoms with van der Waals surface area (Å²) in [4.78, 5) is 15.9. The molecule has 3 aromatic rings. The molecule has 1 aromatic heterocycles. The summed E-state index contributed by atoms with van der Waals surface area (Å²) in [6.45, 7) is 7.69. The van der Waals surface area contributed by atoms with Gasteiger partial charge in [0.15, 0.2) is 6.61 Å². The summed E-state index contributed by atoms with van der Waals surface area (Å²) in [5.74, 6) is 1.54. The third-order valence-electron chi connectivity index (χ3n) is 4.07. The van der Waals surface area contributed by atoms with Crippen molar-refractivity contribution in [1.29, 1.82) is 0 Å². The van der Waals surface area contributed by atoms with E-state index in [0.29, 0.717) is 40.4 Å². The molecule has 8 heteroatoms. The summed E-state index contributed by atoms with van der Waals surface area (Å²) in [5, 5.41) is 4.55. The van der Waals surface area contributed by atoms with E-state index >= 15 is 0 Å². The second kappa shape index (κ2) is 9.63. The number of rotatable bonds is 8. The highest BCUT2D eigenvalue weighted by atomic mass is 35.5. The van der Waals surface area contributed by atoms with Gasteiger partial charge in [-0.15, -0.1) is 0 Å². The molecule has 0 aliphatic heterocycles. The Bertz CT molecular complexity index is 1030. The Morgan fingerprint density at radius 3 is 2.67 bits per heavy atom. The number of ether oxygens (including phenoxy) is 3. The lowest BCUT2D eigenvalue weighted by Crippen LogP contribution is -2.14. The van der Waals surface area contributed by atoms with E-state index in [1.165, 1.54) is 0 Å². The number of benzene rings is 2. The summed E-state index contributed by atoms with van der Waals surface area (Å²) in [6.07, 6.45) is 0.0237. The molecule has 0 radical (unpaired) electrons. The molecule has 3 rings (SSSR count). The average Bonchev–Trinajstić information content (AvgIpc) is 3.18. The van der Waals surface area contributed by atoms with E-state index in [4.69, 9.17) is 30.3 Å². The first kappa shape index (κ1) is 21.6. The number of carbonyl (C=O) groups is 1. The number of hydrogen-bond acceptors (Lipinski definition) is 7. The number of esters is 1. The summed E-state index contributed by atoms with van der Waals surface area (Å²) >= 11 is 6.30. The molecule has 0 amide bonds. The van der Waals surface area contributed by atoms with Crippen molar-refractivity contribution in [2.75, 3.05) is 13.2 Å². The highest BCUT2D eigenvalue weighted by molar-refractivity contribution is 6.32. The van der Waals surface area contributed by atoms with Crippen LogP contribution in [0.4, 0.5) is 0 Å². The molecule has 0 atom stereocenters. The Hall–Kier alpha value is -3.06. The number of nitrogens with zero attached hydrogens (tertiary/aromatic N) is 2. The first-order chi connectivity index (χ1) is 14.4. The monoisotopic (exact) mass is 430 g/mol. The topological polar surface area (TPSA) is 83.7 Å². The van der Waals surface area contributed by atoms with Crippen LogP contribution in [0, 0.1) is 6.92 Å². The fourth-order valence-corrected chi connectivity index (χ4v) is 2.98. The summed E-state index contributed by atoms with van der Waals surface area (Å²) in [6, 6.07) is 10.7. The van der Waals surface area contributed by atoms with Crippen molar-refractivity contribution in [2.24, 2.45) is 0 Å². The van der Waals surface area contributed by atoms with Gasteiger partial charge in [0.25, 0.3) is 5.89 Å². The summed E-state index contributed by atoms with van der Waals surface area (Å²) < 4.78 is 21.4. The average molecular weight is 431 g/mol. The number of halogens is 1. The van der Waals surface area contributed by atoms with Crippen LogP contribution >= 0.6 is 11.6 Å². The van der Waals surface area contributed by atoms with Gasteiger partial charge in [0, 0.05) is 11.1 Å². The largest absolute Gasteiger partial charge is 0.489 e. The van der Waals surface area contributed by atoms with Gasteiger partial charge in [-0.2, -0.15) is 4.98 Å². The van der Waals surface area contributed by atoms with Gasteiger partial charge in [0.05, 0.1) is 17.7 Å². The number of aromatic nitrogens is 2. The molecule has 0 bridgehead atoms. The van der Waals surface area contributed by atoms with Crippen molar-refractivity contribution >= 4 is 17.6 Å². The first-order valence-electron chi connectivity index (χ1n) is 9.57. The third-order valence-corrected chi connectivity index (χ3v) is 4.36. The van der Waals surface area contributed by atoms with Gasteiger partial charge in [0.1, 0.15) is 11.5 Å². The molecule has 0 N–H and O–H groups in total. The minimum absolute atomic E-state index is 0.0237. The molecule has 0 spiro atoms. The second-order valence-electron chi connectivity index (χ2n) is 6.81. The van der Waals surface area contributed by atoms with Crippen LogP contribution in [-0.4, -0.2) is 35.4 Å². The highest BCUT2D eigenvalue weighted by Crippen LogP contribution is 2.32. The minimum atomic E-state index is -0.412. The van der Waals surface area contributed by atoms with E-state index in [1.54, 1.807) is 31.2 Å². The normalized spacial score (nSPS) is 10.9. The zero-order valence-corrected chi connectivity index (χ0v) is 18.0. The zero-order chi connectivity index (χ0) is 21.7. The third kappa shape index (κ3) is 5.30. The van der Waals surface area contributed by atoms with Gasteiger partial charge >= 0.3 is 5.97 Å². The fraction of sp³-hybridized carbons (Fsp3) is 0.318. The Morgan fingerprint density at radius 2 is 2.00 bits per heavy atom. The van der Waals surface area contributed by atoms with Crippen LogP contribution in [-0.2, 0) is 9.53 Å². The Labute approximate surface area is 179 Å². The summed E-state index contributed by atoms with van der Waals surface area (Å²) in [7, 11) is 0. The zero-order valence-electron chi connectivity index (χ0n) is 17.3. The van der Waals surface area contributed by atoms with Crippen molar-refractivity contribution < 1.29 is 23.5 Å². The van der Waals surface area contributed by atoms with Gasteiger partial charge < -0.3 is 18.7 Å². The maximum absolute atomic E-state index is 11.4. The van der Waals surface area contributed by atoms with Gasteiger partial charge in [0.2, 0.25) is 5.82 Å². The number of aryl methyl sites for hydroxylation is 1. The number of hydrogen-bond donors (Lipinski definition) is 0. The molecule has 0 saturated carbocycles. The first-order valence-corrected chi connectivity index (χ1v) is 9.95. The van der Waals surface area contributed by atoms with E-state index in [1.807, 2.05) is 32.9 Å². The van der Waals surface area contributed by atoms with Crippen LogP contribution in [0.5, 0.6) is 11.5 Å². The quantitative estimate of drug-likeness (QED) is 0.460. The molecule has 0 saturated heterocycles. The minimum Gasteiger partial charge on any atom is -0.489 e. The lowest BCUT2D eigenvalue weighted by molar-refractivity contribution is -0.145. The number of carbonyl (C=O) groups excluding carboxylic acids is 1. The maximum atomic E-state index is 11.4. The second-order valence-corrected chi connectivity index (χ2v) is 7.21. The Morgan fingerprint density at radius 1 is 1.20 bits per heavy atom. The van der Waals surface area contributed by atoms with Gasteiger partial charge in [-0.3, -0.25) is 0 Å². The molecule has 7 nitrogen and oxygen atoms in total. The standard InChI is InChI=1S/C22H23ClN2O5/c1-5-27-20(26)12-28-16-7-8-17(14(4)10-16)21-24-22(30-25-21)15-6-9-19(18(23)11-15)29-13(2)3/h6-11,13H,5,12H2,1-4H3. The summed E-state index contributed by atoms with van der Waals surface area (Å²) in [5.41, 5.74) is 2.36. The van der Waals surface area contributed by atoms with Crippen LogP contribution in [0.3, 0.4) is 0 Å². The SMILES string of the molecule is CCOC(=O)COc1ccc(-c2noc(-c3ccc(OC(C)C)c(Cl)c3)n2)c(C)c1. The predicted molar refractivity (Wildman–Crippen MR) is 113 cm³/mol. The van der Waals surface area contributed by atoms with Crippen molar-refractivity contribution in [3.63, 3.8) is 0 Å². The predicted octanol–water partition coefficient (Wildman–Crippen LogP) is 5.09. The van der Waals surface area contributed by atoms with Gasteiger partial charge in [-0.05, 0) is 69.7 Å². The van der Waals surface area contributed by atoms with Crippen LogP contribution in [0.1, 0.15) is 26.3 Å². The maximum Gasteiger partial charge on any atom is 0.344 e. The molecule has 30 heavy (non-hydrogen) atoms. The van der Waals surface area contributed by atoms with E-state index in [0.717, 1.165) is 11.1 Å².